The summed E-state index contributed by atoms with van der Waals surface area (Å²) in [5.74, 6) is 0. The number of aromatic nitrogens is 1. The van der Waals surface area contributed by atoms with E-state index in [4.69, 9.17) is 0 Å². The van der Waals surface area contributed by atoms with Crippen LogP contribution in [0.4, 0.5) is 0 Å². The summed E-state index contributed by atoms with van der Waals surface area (Å²) in [7, 11) is 0. The molecule has 1 heterocycles. The van der Waals surface area contributed by atoms with E-state index in [-0.39, 0.29) is 0 Å². The van der Waals surface area contributed by atoms with Crippen molar-refractivity contribution in [2.45, 2.75) is 25.8 Å². The second-order valence-electron chi connectivity index (χ2n) is 5.10. The fourth-order valence-electron chi connectivity index (χ4n) is 2.87. The fourth-order valence-corrected chi connectivity index (χ4v) is 2.87. The van der Waals surface area contributed by atoms with Gasteiger partial charge >= 0.3 is 0 Å². The maximum atomic E-state index is 3.91. The number of rotatable bonds is 5. The van der Waals surface area contributed by atoms with Crippen molar-refractivity contribution in [3.63, 3.8) is 0 Å². The van der Waals surface area contributed by atoms with Crippen molar-refractivity contribution in [3.05, 3.63) is 48.5 Å². The zero-order valence-corrected chi connectivity index (χ0v) is 11.3. The topological polar surface area (TPSA) is 32.6 Å². The van der Waals surface area contributed by atoms with Gasteiger partial charge in [0.2, 0.25) is 0 Å². The smallest absolute Gasteiger partial charge is 0.0739 e. The van der Waals surface area contributed by atoms with Crippen molar-refractivity contribution in [1.29, 1.82) is 0 Å². The molecule has 0 bridgehead atoms. The van der Waals surface area contributed by atoms with E-state index < -0.39 is 0 Å². The minimum absolute atomic E-state index is 1.05. The average Bonchev–Trinajstić information content (AvgIpc) is 2.78. The van der Waals surface area contributed by atoms with Crippen LogP contribution in [0, 0.1) is 0 Å². The van der Waals surface area contributed by atoms with Crippen LogP contribution in [0.15, 0.2) is 48.5 Å². The zero-order valence-electron chi connectivity index (χ0n) is 11.3. The average molecular weight is 253 g/mol. The summed E-state index contributed by atoms with van der Waals surface area (Å²) in [6.45, 7) is 2.15. The van der Waals surface area contributed by atoms with Gasteiger partial charge in [-0.05, 0) is 31.4 Å². The number of para-hydroxylation sites is 2. The van der Waals surface area contributed by atoms with Gasteiger partial charge in [0, 0.05) is 28.4 Å². The largest absolute Gasteiger partial charge is 0.358 e. The molecule has 0 atom stereocenters. The van der Waals surface area contributed by atoms with Gasteiger partial charge in [0.25, 0.3) is 0 Å². The van der Waals surface area contributed by atoms with Crippen molar-refractivity contribution in [1.82, 2.24) is 4.57 Å². The Labute approximate surface area is 113 Å². The molecule has 0 fully saturated rings. The highest BCUT2D eigenvalue weighted by Gasteiger charge is 2.08. The molecule has 0 aliphatic heterocycles. The first-order valence-corrected chi connectivity index (χ1v) is 7.17. The fraction of sp³-hybridized carbons (Fsp3) is 0.294. The van der Waals surface area contributed by atoms with Gasteiger partial charge < -0.3 is 10.3 Å². The third-order valence-corrected chi connectivity index (χ3v) is 3.81. The van der Waals surface area contributed by atoms with E-state index in [9.17, 15) is 0 Å². The van der Waals surface area contributed by atoms with Crippen molar-refractivity contribution in [3.8, 4) is 0 Å². The van der Waals surface area contributed by atoms with Crippen LogP contribution >= 0.6 is 0 Å². The van der Waals surface area contributed by atoms with Crippen molar-refractivity contribution in [2.75, 3.05) is 6.54 Å². The molecule has 0 spiro atoms. The molecule has 3 N–H and O–H groups in total. The van der Waals surface area contributed by atoms with Crippen LogP contribution in [0.2, 0.25) is 0 Å². The molecule has 0 aliphatic carbocycles. The van der Waals surface area contributed by atoms with Gasteiger partial charge in [0.1, 0.15) is 0 Å². The number of nitrogens with zero attached hydrogens (tertiary/aromatic N) is 1. The SMILES string of the molecule is [NH3+]CCCCCn1c2ccccc2c2ccccc21. The number of fused-ring (bicyclic) bond motifs is 3. The Kier molecular flexibility index (Phi) is 3.51. The molecule has 0 unspecified atom stereocenters. The van der Waals surface area contributed by atoms with E-state index in [1.54, 1.807) is 0 Å². The van der Waals surface area contributed by atoms with Crippen LogP contribution in [-0.2, 0) is 6.54 Å². The second-order valence-corrected chi connectivity index (χ2v) is 5.10. The van der Waals surface area contributed by atoms with Crippen LogP contribution in [0.1, 0.15) is 19.3 Å². The molecule has 3 aromatic rings. The van der Waals surface area contributed by atoms with Gasteiger partial charge in [-0.25, -0.2) is 0 Å². The third kappa shape index (κ3) is 2.24. The predicted octanol–water partition coefficient (Wildman–Crippen LogP) is 3.21. The molecule has 0 aliphatic rings. The summed E-state index contributed by atoms with van der Waals surface area (Å²) in [4.78, 5) is 0. The first-order valence-electron chi connectivity index (χ1n) is 7.17. The Morgan fingerprint density at radius 2 is 1.32 bits per heavy atom. The van der Waals surface area contributed by atoms with Gasteiger partial charge in [-0.3, -0.25) is 0 Å². The number of hydrogen-bond donors (Lipinski definition) is 1. The Hall–Kier alpha value is -1.80. The van der Waals surface area contributed by atoms with E-state index in [1.165, 1.54) is 41.1 Å². The maximum Gasteiger partial charge on any atom is 0.0739 e. The molecule has 0 radical (unpaired) electrons. The quantitative estimate of drug-likeness (QED) is 0.677. The van der Waals surface area contributed by atoms with Gasteiger partial charge in [-0.1, -0.05) is 36.4 Å². The number of unbranched alkanes of at least 4 members (excludes halogenated alkanes) is 2. The van der Waals surface area contributed by atoms with E-state index in [0.717, 1.165) is 13.1 Å². The van der Waals surface area contributed by atoms with Gasteiger partial charge in [-0.15, -0.1) is 0 Å². The standard InChI is InChI=1S/C17H20N2/c18-12-6-1-7-13-19-16-10-4-2-8-14(16)15-9-3-5-11-17(15)19/h2-5,8-11H,1,6-7,12-13,18H2/p+1. The first kappa shape index (κ1) is 12.2. The van der Waals surface area contributed by atoms with E-state index in [1.807, 2.05) is 0 Å². The molecule has 3 rings (SSSR count). The first-order chi connectivity index (χ1) is 9.42. The molecule has 2 nitrogen and oxygen atoms in total. The summed E-state index contributed by atoms with van der Waals surface area (Å²) in [5, 5.41) is 2.74. The summed E-state index contributed by atoms with van der Waals surface area (Å²) in [6.07, 6.45) is 3.74. The lowest BCUT2D eigenvalue weighted by Crippen LogP contribution is -2.50. The van der Waals surface area contributed by atoms with Crippen molar-refractivity contribution in [2.24, 2.45) is 0 Å². The van der Waals surface area contributed by atoms with Gasteiger partial charge in [0.05, 0.1) is 6.54 Å². The molecule has 2 aromatic carbocycles. The summed E-state index contributed by atoms with van der Waals surface area (Å²) in [5.41, 5.74) is 6.63. The Bertz CT molecular complexity index is 629. The Morgan fingerprint density at radius 3 is 1.89 bits per heavy atom. The van der Waals surface area contributed by atoms with Crippen LogP contribution < -0.4 is 5.73 Å². The van der Waals surface area contributed by atoms with Crippen molar-refractivity contribution < 1.29 is 5.73 Å². The van der Waals surface area contributed by atoms with Crippen LogP contribution in [0.25, 0.3) is 21.8 Å². The van der Waals surface area contributed by atoms with Gasteiger partial charge in [-0.2, -0.15) is 0 Å². The molecular weight excluding hydrogens is 232 g/mol. The van der Waals surface area contributed by atoms with E-state index in [0.29, 0.717) is 0 Å². The third-order valence-electron chi connectivity index (χ3n) is 3.81. The molecular formula is C17H21N2+. The summed E-state index contributed by atoms with van der Waals surface area (Å²) in [6, 6.07) is 17.4. The molecule has 0 amide bonds. The highest BCUT2D eigenvalue weighted by atomic mass is 15.0. The summed E-state index contributed by atoms with van der Waals surface area (Å²) >= 11 is 0. The maximum absolute atomic E-state index is 3.91. The number of hydrogen-bond acceptors (Lipinski definition) is 0. The minimum atomic E-state index is 1.05. The molecule has 19 heavy (non-hydrogen) atoms. The zero-order chi connectivity index (χ0) is 13.1. The Morgan fingerprint density at radius 1 is 0.737 bits per heavy atom. The normalized spacial score (nSPS) is 11.4. The van der Waals surface area contributed by atoms with E-state index >= 15 is 0 Å². The predicted molar refractivity (Wildman–Crippen MR) is 81.1 cm³/mol. The monoisotopic (exact) mass is 253 g/mol. The van der Waals surface area contributed by atoms with Crippen LogP contribution in [0.3, 0.4) is 0 Å². The number of quaternary nitrogens is 1. The van der Waals surface area contributed by atoms with Gasteiger partial charge in [0.15, 0.2) is 0 Å². The highest BCUT2D eigenvalue weighted by Crippen LogP contribution is 2.28. The molecule has 2 heteroatoms. The molecule has 98 valence electrons. The highest BCUT2D eigenvalue weighted by molar-refractivity contribution is 6.07. The lowest BCUT2D eigenvalue weighted by atomic mass is 10.2. The van der Waals surface area contributed by atoms with Crippen molar-refractivity contribution >= 4 is 21.8 Å². The molecule has 0 saturated heterocycles. The number of benzene rings is 2. The number of aryl methyl sites for hydroxylation is 1. The van der Waals surface area contributed by atoms with E-state index in [2.05, 4.69) is 58.8 Å². The lowest BCUT2D eigenvalue weighted by molar-refractivity contribution is -0.368. The second kappa shape index (κ2) is 5.45. The molecule has 1 aromatic heterocycles. The van der Waals surface area contributed by atoms with Crippen LogP contribution in [0.5, 0.6) is 0 Å². The van der Waals surface area contributed by atoms with Crippen LogP contribution in [-0.4, -0.2) is 11.1 Å². The summed E-state index contributed by atoms with van der Waals surface area (Å²) < 4.78 is 2.47. The lowest BCUT2D eigenvalue weighted by Gasteiger charge is -2.06. The Balaban J connectivity index is 2.04. The minimum Gasteiger partial charge on any atom is -0.358 e. The molecule has 0 saturated carbocycles.